The van der Waals surface area contributed by atoms with E-state index in [1.54, 1.807) is 0 Å². The molecule has 1 aromatic carbocycles. The fourth-order valence-corrected chi connectivity index (χ4v) is 3.46. The number of rotatable bonds is 6. The highest BCUT2D eigenvalue weighted by Crippen LogP contribution is 2.26. The van der Waals surface area contributed by atoms with Crippen molar-refractivity contribution >= 4 is 0 Å². The zero-order chi connectivity index (χ0) is 15.4. The summed E-state index contributed by atoms with van der Waals surface area (Å²) in [6.45, 7) is 11.1. The van der Waals surface area contributed by atoms with Crippen LogP contribution < -0.4 is 5.73 Å². The van der Waals surface area contributed by atoms with Crippen molar-refractivity contribution in [3.63, 3.8) is 0 Å². The van der Waals surface area contributed by atoms with Crippen LogP contribution in [0.4, 0.5) is 0 Å². The molecule has 0 spiro atoms. The molecule has 0 radical (unpaired) electrons. The van der Waals surface area contributed by atoms with Gasteiger partial charge in [-0.05, 0) is 49.3 Å². The quantitative estimate of drug-likeness (QED) is 0.850. The summed E-state index contributed by atoms with van der Waals surface area (Å²) in [5.74, 6) is 0.706. The number of nitrogens with zero attached hydrogens (tertiary/aromatic N) is 1. The van der Waals surface area contributed by atoms with E-state index in [9.17, 15) is 0 Å². The van der Waals surface area contributed by atoms with Crippen molar-refractivity contribution in [2.24, 2.45) is 11.7 Å². The zero-order valence-corrected chi connectivity index (χ0v) is 14.2. The van der Waals surface area contributed by atoms with E-state index in [0.29, 0.717) is 5.92 Å². The second kappa shape index (κ2) is 7.42. The first-order valence-electron chi connectivity index (χ1n) is 8.54. The molecule has 0 aromatic heterocycles. The molecule has 0 saturated heterocycles. The fourth-order valence-electron chi connectivity index (χ4n) is 3.46. The predicted molar refractivity (Wildman–Crippen MR) is 91.5 cm³/mol. The second-order valence-corrected chi connectivity index (χ2v) is 7.24. The smallest absolute Gasteiger partial charge is 0.0424 e. The van der Waals surface area contributed by atoms with Crippen LogP contribution in [-0.4, -0.2) is 24.0 Å². The molecular formula is C19H32N2. The van der Waals surface area contributed by atoms with Crippen LogP contribution in [-0.2, 0) is 0 Å². The van der Waals surface area contributed by atoms with Gasteiger partial charge in [-0.25, -0.2) is 0 Å². The largest absolute Gasteiger partial charge is 0.323 e. The minimum Gasteiger partial charge on any atom is -0.323 e. The molecule has 1 aliphatic carbocycles. The lowest BCUT2D eigenvalue weighted by atomic mass is 10.00. The third kappa shape index (κ3) is 4.55. The van der Waals surface area contributed by atoms with Gasteiger partial charge in [-0.3, -0.25) is 4.90 Å². The van der Waals surface area contributed by atoms with Gasteiger partial charge in [0.15, 0.2) is 0 Å². The average molecular weight is 288 g/mol. The van der Waals surface area contributed by atoms with E-state index < -0.39 is 0 Å². The Morgan fingerprint density at radius 1 is 1.10 bits per heavy atom. The van der Waals surface area contributed by atoms with E-state index in [2.05, 4.69) is 50.8 Å². The minimum atomic E-state index is 0.128. The molecule has 2 nitrogen and oxygen atoms in total. The monoisotopic (exact) mass is 288 g/mol. The SMILES string of the molecule is Cc1ccc(C(N)CN(CC(C)C)C2CCCC2)cc1C. The van der Waals surface area contributed by atoms with Crippen LogP contribution in [0.25, 0.3) is 0 Å². The average Bonchev–Trinajstić information content (AvgIpc) is 2.94. The van der Waals surface area contributed by atoms with Crippen LogP contribution >= 0.6 is 0 Å². The van der Waals surface area contributed by atoms with E-state index >= 15 is 0 Å². The first kappa shape index (κ1) is 16.5. The van der Waals surface area contributed by atoms with Crippen molar-refractivity contribution < 1.29 is 0 Å². The normalized spacial score (nSPS) is 17.9. The van der Waals surface area contributed by atoms with Crippen LogP contribution in [0.5, 0.6) is 0 Å². The molecule has 1 unspecified atom stereocenters. The maximum Gasteiger partial charge on any atom is 0.0424 e. The van der Waals surface area contributed by atoms with Crippen LogP contribution in [0.2, 0.25) is 0 Å². The van der Waals surface area contributed by atoms with E-state index in [1.807, 2.05) is 0 Å². The van der Waals surface area contributed by atoms with Gasteiger partial charge in [0, 0.05) is 25.2 Å². The van der Waals surface area contributed by atoms with Crippen LogP contribution in [0.15, 0.2) is 18.2 Å². The van der Waals surface area contributed by atoms with Gasteiger partial charge < -0.3 is 5.73 Å². The highest BCUT2D eigenvalue weighted by atomic mass is 15.2. The summed E-state index contributed by atoms with van der Waals surface area (Å²) in [6.07, 6.45) is 5.48. The van der Waals surface area contributed by atoms with Gasteiger partial charge in [0.1, 0.15) is 0 Å². The first-order chi connectivity index (χ1) is 9.97. The van der Waals surface area contributed by atoms with Crippen molar-refractivity contribution in [3.05, 3.63) is 34.9 Å². The van der Waals surface area contributed by atoms with Crippen molar-refractivity contribution in [1.82, 2.24) is 4.90 Å². The molecule has 2 heteroatoms. The maximum absolute atomic E-state index is 6.52. The van der Waals surface area contributed by atoms with E-state index in [4.69, 9.17) is 5.73 Å². The number of hydrogen-bond acceptors (Lipinski definition) is 2. The van der Waals surface area contributed by atoms with Crippen molar-refractivity contribution in [3.8, 4) is 0 Å². The minimum absolute atomic E-state index is 0.128. The third-order valence-corrected chi connectivity index (χ3v) is 4.83. The summed E-state index contributed by atoms with van der Waals surface area (Å²) < 4.78 is 0. The number of nitrogens with two attached hydrogens (primary N) is 1. The Balaban J connectivity index is 2.05. The molecular weight excluding hydrogens is 256 g/mol. The fraction of sp³-hybridized carbons (Fsp3) is 0.684. The summed E-state index contributed by atoms with van der Waals surface area (Å²) in [5.41, 5.74) is 10.5. The van der Waals surface area contributed by atoms with Crippen molar-refractivity contribution in [2.75, 3.05) is 13.1 Å². The van der Waals surface area contributed by atoms with Crippen LogP contribution in [0, 0.1) is 19.8 Å². The highest BCUT2D eigenvalue weighted by Gasteiger charge is 2.25. The first-order valence-corrected chi connectivity index (χ1v) is 8.54. The maximum atomic E-state index is 6.52. The molecule has 2 N–H and O–H groups in total. The van der Waals surface area contributed by atoms with Crippen molar-refractivity contribution in [1.29, 1.82) is 0 Å². The van der Waals surface area contributed by atoms with Crippen LogP contribution in [0.1, 0.15) is 62.3 Å². The molecule has 0 heterocycles. The molecule has 0 amide bonds. The van der Waals surface area contributed by atoms with Gasteiger partial charge in [0.05, 0.1) is 0 Å². The topological polar surface area (TPSA) is 29.3 Å². The van der Waals surface area contributed by atoms with E-state index in [-0.39, 0.29) is 6.04 Å². The Hall–Kier alpha value is -0.860. The molecule has 1 atom stereocenters. The molecule has 1 fully saturated rings. The Labute approximate surface area is 130 Å². The van der Waals surface area contributed by atoms with Gasteiger partial charge in [-0.15, -0.1) is 0 Å². The summed E-state index contributed by atoms with van der Waals surface area (Å²) >= 11 is 0. The number of aryl methyl sites for hydroxylation is 2. The standard InChI is InChI=1S/C19H32N2/c1-14(2)12-21(18-7-5-6-8-18)13-19(20)17-10-9-15(3)16(4)11-17/h9-11,14,18-19H,5-8,12-13,20H2,1-4H3. The lowest BCUT2D eigenvalue weighted by Crippen LogP contribution is -2.41. The molecule has 1 aromatic rings. The summed E-state index contributed by atoms with van der Waals surface area (Å²) in [4.78, 5) is 2.65. The Bertz CT molecular complexity index is 447. The molecule has 0 bridgehead atoms. The second-order valence-electron chi connectivity index (χ2n) is 7.24. The van der Waals surface area contributed by atoms with Gasteiger partial charge >= 0.3 is 0 Å². The molecule has 1 saturated carbocycles. The third-order valence-electron chi connectivity index (χ3n) is 4.83. The van der Waals surface area contributed by atoms with Crippen LogP contribution in [0.3, 0.4) is 0 Å². The lowest BCUT2D eigenvalue weighted by molar-refractivity contribution is 0.167. The predicted octanol–water partition coefficient (Wildman–Crippen LogP) is 4.20. The van der Waals surface area contributed by atoms with Gasteiger partial charge in [-0.1, -0.05) is 44.9 Å². The molecule has 118 valence electrons. The Kier molecular flexibility index (Phi) is 5.83. The number of hydrogen-bond donors (Lipinski definition) is 1. The summed E-state index contributed by atoms with van der Waals surface area (Å²) in [6, 6.07) is 7.55. The molecule has 21 heavy (non-hydrogen) atoms. The van der Waals surface area contributed by atoms with E-state index in [0.717, 1.165) is 12.6 Å². The highest BCUT2D eigenvalue weighted by molar-refractivity contribution is 5.31. The zero-order valence-electron chi connectivity index (χ0n) is 14.2. The van der Waals surface area contributed by atoms with Gasteiger partial charge in [-0.2, -0.15) is 0 Å². The van der Waals surface area contributed by atoms with Gasteiger partial charge in [0.25, 0.3) is 0 Å². The Morgan fingerprint density at radius 3 is 2.33 bits per heavy atom. The van der Waals surface area contributed by atoms with Crippen molar-refractivity contribution in [2.45, 2.75) is 65.5 Å². The van der Waals surface area contributed by atoms with Gasteiger partial charge in [0.2, 0.25) is 0 Å². The summed E-state index contributed by atoms with van der Waals surface area (Å²) in [7, 11) is 0. The molecule has 0 aliphatic heterocycles. The molecule has 1 aliphatic rings. The summed E-state index contributed by atoms with van der Waals surface area (Å²) in [5, 5.41) is 0. The molecule has 2 rings (SSSR count). The number of benzene rings is 1. The Morgan fingerprint density at radius 2 is 1.76 bits per heavy atom. The van der Waals surface area contributed by atoms with E-state index in [1.165, 1.54) is 48.9 Å². The lowest BCUT2D eigenvalue weighted by Gasteiger charge is -2.32.